The fourth-order valence-electron chi connectivity index (χ4n) is 2.74. The molecular weight excluding hydrogens is 387 g/mol. The molecule has 0 spiro atoms. The van der Waals surface area contributed by atoms with Gasteiger partial charge in [-0.15, -0.1) is 0 Å². The molecule has 0 atom stereocenters. The summed E-state index contributed by atoms with van der Waals surface area (Å²) in [5, 5.41) is 13.6. The number of alkyl halides is 3. The summed E-state index contributed by atoms with van der Waals surface area (Å²) in [7, 11) is 0. The van der Waals surface area contributed by atoms with Gasteiger partial charge in [0.25, 0.3) is 5.91 Å². The highest BCUT2D eigenvalue weighted by Gasteiger charge is 2.32. The maximum atomic E-state index is 13.3. The summed E-state index contributed by atoms with van der Waals surface area (Å²) >= 11 is 0. The Morgan fingerprint density at radius 1 is 1.10 bits per heavy atom. The van der Waals surface area contributed by atoms with Gasteiger partial charge < -0.3 is 19.8 Å². The molecular formula is C20H15F3N3O3-. The van der Waals surface area contributed by atoms with Gasteiger partial charge in [0.15, 0.2) is 0 Å². The molecule has 150 valence electrons. The third-order valence-corrected chi connectivity index (χ3v) is 4.23. The molecule has 1 N–H and O–H groups in total. The number of aryl methyl sites for hydroxylation is 2. The van der Waals surface area contributed by atoms with Gasteiger partial charge in [0, 0.05) is 28.7 Å². The van der Waals surface area contributed by atoms with E-state index in [1.54, 1.807) is 13.8 Å². The van der Waals surface area contributed by atoms with Crippen LogP contribution in [0.2, 0.25) is 0 Å². The van der Waals surface area contributed by atoms with Crippen molar-refractivity contribution >= 4 is 17.6 Å². The van der Waals surface area contributed by atoms with Gasteiger partial charge in [0.05, 0.1) is 23.6 Å². The van der Waals surface area contributed by atoms with Crippen molar-refractivity contribution in [3.8, 4) is 5.69 Å². The van der Waals surface area contributed by atoms with Crippen molar-refractivity contribution in [1.82, 2.24) is 9.55 Å². The number of rotatable bonds is 4. The number of anilines is 1. The van der Waals surface area contributed by atoms with Crippen LogP contribution in [0.15, 0.2) is 48.9 Å². The lowest BCUT2D eigenvalue weighted by atomic mass is 10.1. The molecule has 6 nitrogen and oxygen atoms in total. The second kappa shape index (κ2) is 7.42. The van der Waals surface area contributed by atoms with Gasteiger partial charge in [0.2, 0.25) is 0 Å². The van der Waals surface area contributed by atoms with Gasteiger partial charge >= 0.3 is 6.18 Å². The summed E-state index contributed by atoms with van der Waals surface area (Å²) in [5.41, 5.74) is -0.0890. The van der Waals surface area contributed by atoms with E-state index in [1.165, 1.54) is 41.4 Å². The number of hydrogen-bond acceptors (Lipinski definition) is 4. The minimum absolute atomic E-state index is 0.116. The Bertz CT molecular complexity index is 1100. The summed E-state index contributed by atoms with van der Waals surface area (Å²) in [6.45, 7) is 3.24. The van der Waals surface area contributed by atoms with Crippen LogP contribution < -0.4 is 10.4 Å². The molecule has 0 aliphatic heterocycles. The Kier molecular flexibility index (Phi) is 5.15. The Balaban J connectivity index is 2.00. The number of aromatic nitrogens is 2. The second-order valence-electron chi connectivity index (χ2n) is 6.46. The number of nitrogens with zero attached hydrogens (tertiary/aromatic N) is 2. The molecule has 1 amide bonds. The van der Waals surface area contributed by atoms with E-state index in [9.17, 15) is 27.9 Å². The van der Waals surface area contributed by atoms with E-state index in [4.69, 9.17) is 0 Å². The van der Waals surface area contributed by atoms with Crippen LogP contribution in [-0.4, -0.2) is 21.4 Å². The normalized spacial score (nSPS) is 11.3. The zero-order valence-corrected chi connectivity index (χ0v) is 15.4. The zero-order chi connectivity index (χ0) is 21.3. The summed E-state index contributed by atoms with van der Waals surface area (Å²) in [4.78, 5) is 27.7. The fraction of sp³-hybridized carbons (Fsp3) is 0.150. The van der Waals surface area contributed by atoms with Gasteiger partial charge in [0.1, 0.15) is 0 Å². The average molecular weight is 402 g/mol. The van der Waals surface area contributed by atoms with E-state index < -0.39 is 23.6 Å². The van der Waals surface area contributed by atoms with Gasteiger partial charge in [-0.1, -0.05) is 6.07 Å². The number of carboxylic acids is 1. The first-order valence-electron chi connectivity index (χ1n) is 8.41. The molecule has 0 saturated heterocycles. The number of aromatic carboxylic acids is 1. The summed E-state index contributed by atoms with van der Waals surface area (Å²) in [6, 6.07) is 7.05. The molecule has 0 fully saturated rings. The van der Waals surface area contributed by atoms with Crippen LogP contribution in [-0.2, 0) is 6.18 Å². The maximum Gasteiger partial charge on any atom is 0.416 e. The Morgan fingerprint density at radius 3 is 2.41 bits per heavy atom. The number of carbonyl (C=O) groups excluding carboxylic acids is 2. The molecule has 9 heteroatoms. The van der Waals surface area contributed by atoms with E-state index in [-0.39, 0.29) is 22.5 Å². The quantitative estimate of drug-likeness (QED) is 0.727. The number of halogens is 3. The summed E-state index contributed by atoms with van der Waals surface area (Å²) in [6.07, 6.45) is -1.78. The highest BCUT2D eigenvalue weighted by atomic mass is 19.4. The molecule has 0 unspecified atom stereocenters. The molecule has 0 bridgehead atoms. The molecule has 0 aliphatic rings. The lowest BCUT2D eigenvalue weighted by Crippen LogP contribution is -2.23. The van der Waals surface area contributed by atoms with Crippen molar-refractivity contribution < 1.29 is 27.9 Å². The first-order chi connectivity index (χ1) is 13.5. The van der Waals surface area contributed by atoms with Gasteiger partial charge in [-0.05, 0) is 49.7 Å². The number of hydrogen-bond donors (Lipinski definition) is 1. The minimum atomic E-state index is -4.66. The number of nitrogens with one attached hydrogen (secondary N) is 1. The molecule has 3 aromatic rings. The van der Waals surface area contributed by atoms with Crippen LogP contribution in [0, 0.1) is 13.8 Å². The van der Waals surface area contributed by atoms with E-state index in [0.29, 0.717) is 11.3 Å². The first-order valence-corrected chi connectivity index (χ1v) is 8.41. The lowest BCUT2D eigenvalue weighted by Gasteiger charge is -2.14. The summed E-state index contributed by atoms with van der Waals surface area (Å²) < 4.78 is 41.3. The number of carbonyl (C=O) groups is 2. The second-order valence-corrected chi connectivity index (χ2v) is 6.46. The number of carboxylic acid groups (broad SMARTS) is 1. The number of imidazole rings is 1. The van der Waals surface area contributed by atoms with Crippen molar-refractivity contribution in [2.75, 3.05) is 5.32 Å². The van der Waals surface area contributed by atoms with Crippen molar-refractivity contribution in [3.63, 3.8) is 0 Å². The highest BCUT2D eigenvalue weighted by Crippen LogP contribution is 2.32. The number of amides is 1. The minimum Gasteiger partial charge on any atom is -0.545 e. The number of benzene rings is 2. The van der Waals surface area contributed by atoms with Crippen LogP contribution in [0.1, 0.15) is 37.5 Å². The van der Waals surface area contributed by atoms with Crippen LogP contribution in [0.5, 0.6) is 0 Å². The van der Waals surface area contributed by atoms with Crippen molar-refractivity contribution in [2.45, 2.75) is 20.0 Å². The molecule has 3 rings (SSSR count). The zero-order valence-electron chi connectivity index (χ0n) is 15.4. The SMILES string of the molecule is Cc1cn(-c2cc(C(=O)Nc3ccc(C)c(C(=O)[O-])c3)cc(C(F)(F)F)c2)cn1. The van der Waals surface area contributed by atoms with Crippen molar-refractivity contribution in [3.05, 3.63) is 76.9 Å². The van der Waals surface area contributed by atoms with Crippen molar-refractivity contribution in [2.24, 2.45) is 0 Å². The van der Waals surface area contributed by atoms with Gasteiger partial charge in [-0.3, -0.25) is 4.79 Å². The highest BCUT2D eigenvalue weighted by molar-refractivity contribution is 6.05. The predicted octanol–water partition coefficient (Wildman–Crippen LogP) is 3.12. The lowest BCUT2D eigenvalue weighted by molar-refractivity contribution is -0.255. The molecule has 1 heterocycles. The summed E-state index contributed by atoms with van der Waals surface area (Å²) in [5.74, 6) is -2.24. The molecule has 0 radical (unpaired) electrons. The molecule has 29 heavy (non-hydrogen) atoms. The predicted molar refractivity (Wildman–Crippen MR) is 96.8 cm³/mol. The van der Waals surface area contributed by atoms with E-state index >= 15 is 0 Å². The van der Waals surface area contributed by atoms with E-state index in [0.717, 1.165) is 12.1 Å². The monoisotopic (exact) mass is 402 g/mol. The van der Waals surface area contributed by atoms with Crippen LogP contribution in [0.25, 0.3) is 5.69 Å². The molecule has 2 aromatic carbocycles. The molecule has 0 saturated carbocycles. The Morgan fingerprint density at radius 2 is 1.83 bits per heavy atom. The smallest absolute Gasteiger partial charge is 0.416 e. The Labute approximate surface area is 163 Å². The van der Waals surface area contributed by atoms with E-state index in [2.05, 4.69) is 10.3 Å². The Hall–Kier alpha value is -3.62. The third kappa shape index (κ3) is 4.45. The molecule has 0 aliphatic carbocycles. The first kappa shape index (κ1) is 20.1. The average Bonchev–Trinajstić information content (AvgIpc) is 3.08. The van der Waals surface area contributed by atoms with Crippen LogP contribution in [0.3, 0.4) is 0 Å². The van der Waals surface area contributed by atoms with Crippen LogP contribution in [0.4, 0.5) is 18.9 Å². The standard InChI is InChI=1S/C20H16F3N3O3/c1-11-3-4-15(8-17(11)19(28)29)25-18(27)13-5-14(20(21,22)23)7-16(6-13)26-9-12(2)24-10-26/h3-10H,1-2H3,(H,25,27)(H,28,29)/p-1. The fourth-order valence-corrected chi connectivity index (χ4v) is 2.74. The van der Waals surface area contributed by atoms with Gasteiger partial charge in [-0.25, -0.2) is 4.98 Å². The largest absolute Gasteiger partial charge is 0.545 e. The molecule has 1 aromatic heterocycles. The van der Waals surface area contributed by atoms with E-state index in [1.807, 2.05) is 0 Å². The van der Waals surface area contributed by atoms with Gasteiger partial charge in [-0.2, -0.15) is 13.2 Å². The topological polar surface area (TPSA) is 87.0 Å². The van der Waals surface area contributed by atoms with Crippen molar-refractivity contribution in [1.29, 1.82) is 0 Å². The third-order valence-electron chi connectivity index (χ3n) is 4.23. The van der Waals surface area contributed by atoms with Crippen LogP contribution >= 0.6 is 0 Å². The maximum absolute atomic E-state index is 13.3.